The van der Waals surface area contributed by atoms with Crippen molar-refractivity contribution in [1.29, 1.82) is 5.26 Å². The molecule has 0 aromatic carbocycles. The lowest BCUT2D eigenvalue weighted by Gasteiger charge is -2.47. The van der Waals surface area contributed by atoms with Crippen LogP contribution in [0.4, 0.5) is 13.2 Å². The third-order valence-corrected chi connectivity index (χ3v) is 4.74. The van der Waals surface area contributed by atoms with Gasteiger partial charge in [0.15, 0.2) is 5.92 Å². The molecule has 4 atom stereocenters. The Labute approximate surface area is 121 Å². The average molecular weight is 304 g/mol. The first kappa shape index (κ1) is 16.1. The van der Waals surface area contributed by atoms with Crippen LogP contribution in [0.1, 0.15) is 38.5 Å². The minimum Gasteiger partial charge on any atom is -0.480 e. The summed E-state index contributed by atoms with van der Waals surface area (Å²) in [5, 5.41) is 18.1. The second-order valence-corrected chi connectivity index (χ2v) is 5.96. The molecule has 7 heteroatoms. The van der Waals surface area contributed by atoms with E-state index in [1.54, 1.807) is 0 Å². The van der Waals surface area contributed by atoms with Gasteiger partial charge in [0.05, 0.1) is 6.07 Å². The predicted octanol–water partition coefficient (Wildman–Crippen LogP) is 2.80. The average Bonchev–Trinajstić information content (AvgIpc) is 2.42. The van der Waals surface area contributed by atoms with Gasteiger partial charge in [-0.3, -0.25) is 9.69 Å². The lowest BCUT2D eigenvalue weighted by molar-refractivity contribution is -0.174. The van der Waals surface area contributed by atoms with Crippen molar-refractivity contribution in [2.45, 2.75) is 56.8 Å². The molecule has 1 saturated heterocycles. The Morgan fingerprint density at radius 3 is 2.52 bits per heavy atom. The highest BCUT2D eigenvalue weighted by molar-refractivity contribution is 5.73. The van der Waals surface area contributed by atoms with Gasteiger partial charge in [-0.15, -0.1) is 0 Å². The number of carbonyl (C=O) groups is 1. The first-order chi connectivity index (χ1) is 9.84. The standard InChI is InChI=1S/C14H19F3N2O2/c15-14(16,17)10(7-18)8-19-11-4-2-1-3-9(11)5-6-12(19)13(20)21/h9-12H,1-6,8H2,(H,20,21). The van der Waals surface area contributed by atoms with Crippen LogP contribution >= 0.6 is 0 Å². The number of nitrogens with zero attached hydrogens (tertiary/aromatic N) is 2. The van der Waals surface area contributed by atoms with Gasteiger partial charge in [-0.25, -0.2) is 0 Å². The molecule has 1 heterocycles. The SMILES string of the molecule is N#CC(CN1C(C(=O)O)CCC2CCCCC21)C(F)(F)F. The molecule has 1 N–H and O–H groups in total. The Morgan fingerprint density at radius 1 is 1.29 bits per heavy atom. The van der Waals surface area contributed by atoms with Crippen LogP contribution in [-0.4, -0.2) is 40.8 Å². The fraction of sp³-hybridized carbons (Fsp3) is 0.857. The molecule has 2 rings (SSSR count). The molecule has 4 unspecified atom stereocenters. The summed E-state index contributed by atoms with van der Waals surface area (Å²) >= 11 is 0. The lowest BCUT2D eigenvalue weighted by Crippen LogP contribution is -2.57. The molecule has 0 radical (unpaired) electrons. The summed E-state index contributed by atoms with van der Waals surface area (Å²) in [5.74, 6) is -2.94. The summed E-state index contributed by atoms with van der Waals surface area (Å²) in [5.41, 5.74) is 0. The van der Waals surface area contributed by atoms with Crippen LogP contribution in [0.25, 0.3) is 0 Å². The summed E-state index contributed by atoms with van der Waals surface area (Å²) in [4.78, 5) is 12.8. The molecule has 21 heavy (non-hydrogen) atoms. The van der Waals surface area contributed by atoms with E-state index >= 15 is 0 Å². The van der Waals surface area contributed by atoms with Gasteiger partial charge in [0, 0.05) is 12.6 Å². The van der Waals surface area contributed by atoms with Crippen LogP contribution in [0.15, 0.2) is 0 Å². The Bertz CT molecular complexity index is 433. The lowest BCUT2D eigenvalue weighted by atomic mass is 9.76. The maximum atomic E-state index is 12.8. The molecule has 0 spiro atoms. The fourth-order valence-electron chi connectivity index (χ4n) is 3.69. The summed E-state index contributed by atoms with van der Waals surface area (Å²) < 4.78 is 38.5. The van der Waals surface area contributed by atoms with Crippen molar-refractivity contribution in [3.63, 3.8) is 0 Å². The Hall–Kier alpha value is -1.29. The van der Waals surface area contributed by atoms with Gasteiger partial charge >= 0.3 is 12.1 Å². The number of alkyl halides is 3. The third kappa shape index (κ3) is 3.49. The first-order valence-electron chi connectivity index (χ1n) is 7.29. The predicted molar refractivity (Wildman–Crippen MR) is 68.3 cm³/mol. The van der Waals surface area contributed by atoms with Crippen molar-refractivity contribution in [3.05, 3.63) is 0 Å². The van der Waals surface area contributed by atoms with Crippen molar-refractivity contribution >= 4 is 5.97 Å². The highest BCUT2D eigenvalue weighted by atomic mass is 19.4. The van der Waals surface area contributed by atoms with E-state index in [1.807, 2.05) is 0 Å². The van der Waals surface area contributed by atoms with Crippen LogP contribution in [-0.2, 0) is 4.79 Å². The van der Waals surface area contributed by atoms with Gasteiger partial charge in [0.2, 0.25) is 0 Å². The zero-order valence-corrected chi connectivity index (χ0v) is 11.6. The number of fused-ring (bicyclic) bond motifs is 1. The van der Waals surface area contributed by atoms with E-state index in [-0.39, 0.29) is 12.0 Å². The second kappa shape index (κ2) is 6.22. The smallest absolute Gasteiger partial charge is 0.405 e. The molecule has 118 valence electrons. The fourth-order valence-corrected chi connectivity index (χ4v) is 3.69. The Balaban J connectivity index is 2.20. The number of hydrogen-bond donors (Lipinski definition) is 1. The van der Waals surface area contributed by atoms with E-state index in [2.05, 4.69) is 0 Å². The zero-order chi connectivity index (χ0) is 15.6. The Kier molecular flexibility index (Phi) is 4.77. The summed E-state index contributed by atoms with van der Waals surface area (Å²) in [7, 11) is 0. The number of nitriles is 1. The number of hydrogen-bond acceptors (Lipinski definition) is 3. The van der Waals surface area contributed by atoms with Crippen molar-refractivity contribution in [1.82, 2.24) is 4.90 Å². The molecule has 0 aromatic rings. The van der Waals surface area contributed by atoms with Crippen LogP contribution in [0, 0.1) is 23.2 Å². The molecule has 1 aliphatic carbocycles. The molecule has 2 fully saturated rings. The molecule has 0 aromatic heterocycles. The summed E-state index contributed by atoms with van der Waals surface area (Å²) in [6.07, 6.45) is 0.134. The number of halogens is 3. The van der Waals surface area contributed by atoms with E-state index in [0.29, 0.717) is 6.42 Å². The van der Waals surface area contributed by atoms with Crippen molar-refractivity contribution < 1.29 is 23.1 Å². The highest BCUT2D eigenvalue weighted by Gasteiger charge is 2.47. The van der Waals surface area contributed by atoms with Crippen LogP contribution in [0.2, 0.25) is 0 Å². The number of carboxylic acid groups (broad SMARTS) is 1. The minimum atomic E-state index is -4.61. The highest BCUT2D eigenvalue weighted by Crippen LogP contribution is 2.39. The van der Waals surface area contributed by atoms with E-state index in [1.165, 1.54) is 11.0 Å². The molecular weight excluding hydrogens is 285 g/mol. The van der Waals surface area contributed by atoms with E-state index < -0.39 is 30.7 Å². The number of piperidine rings is 1. The van der Waals surface area contributed by atoms with Crippen LogP contribution in [0.3, 0.4) is 0 Å². The van der Waals surface area contributed by atoms with Gasteiger partial charge in [0.1, 0.15) is 6.04 Å². The van der Waals surface area contributed by atoms with E-state index in [4.69, 9.17) is 5.26 Å². The molecule has 2 aliphatic rings. The maximum Gasteiger partial charge on any atom is 0.405 e. The normalized spacial score (nSPS) is 32.0. The molecule has 0 bridgehead atoms. The number of carboxylic acids is 1. The second-order valence-electron chi connectivity index (χ2n) is 5.96. The van der Waals surface area contributed by atoms with Gasteiger partial charge in [0.25, 0.3) is 0 Å². The van der Waals surface area contributed by atoms with Crippen LogP contribution in [0.5, 0.6) is 0 Å². The van der Waals surface area contributed by atoms with Gasteiger partial charge in [-0.05, 0) is 31.6 Å². The van der Waals surface area contributed by atoms with E-state index in [0.717, 1.165) is 32.1 Å². The minimum absolute atomic E-state index is 0.133. The topological polar surface area (TPSA) is 64.3 Å². The van der Waals surface area contributed by atoms with Crippen molar-refractivity contribution in [2.24, 2.45) is 11.8 Å². The zero-order valence-electron chi connectivity index (χ0n) is 11.6. The van der Waals surface area contributed by atoms with Crippen LogP contribution < -0.4 is 0 Å². The largest absolute Gasteiger partial charge is 0.480 e. The summed E-state index contributed by atoms with van der Waals surface area (Å²) in [6.45, 7) is -0.530. The monoisotopic (exact) mass is 304 g/mol. The van der Waals surface area contributed by atoms with Gasteiger partial charge in [-0.1, -0.05) is 12.8 Å². The van der Waals surface area contributed by atoms with Crippen molar-refractivity contribution in [3.8, 4) is 6.07 Å². The quantitative estimate of drug-likeness (QED) is 0.871. The molecule has 4 nitrogen and oxygen atoms in total. The van der Waals surface area contributed by atoms with Crippen molar-refractivity contribution in [2.75, 3.05) is 6.54 Å². The first-order valence-corrected chi connectivity index (χ1v) is 7.29. The van der Waals surface area contributed by atoms with E-state index in [9.17, 15) is 23.1 Å². The summed E-state index contributed by atoms with van der Waals surface area (Å²) in [6, 6.07) is 0.252. The number of rotatable bonds is 3. The van der Waals surface area contributed by atoms with Gasteiger partial charge < -0.3 is 5.11 Å². The molecular formula is C14H19F3N2O2. The van der Waals surface area contributed by atoms with Gasteiger partial charge in [-0.2, -0.15) is 18.4 Å². The molecule has 1 saturated carbocycles. The number of likely N-dealkylation sites (tertiary alicyclic amines) is 1. The number of aliphatic carboxylic acids is 1. The maximum absolute atomic E-state index is 12.8. The Morgan fingerprint density at radius 2 is 1.95 bits per heavy atom. The molecule has 0 amide bonds. The molecule has 1 aliphatic heterocycles. The third-order valence-electron chi connectivity index (χ3n) is 4.74.